The molecule has 10 heteroatoms. The van der Waals surface area contributed by atoms with Crippen molar-refractivity contribution in [2.45, 2.75) is 44.2 Å². The van der Waals surface area contributed by atoms with Crippen molar-refractivity contribution < 1.29 is 33.5 Å². The third kappa shape index (κ3) is 7.71. The predicted molar refractivity (Wildman–Crippen MR) is 82.5 cm³/mol. The van der Waals surface area contributed by atoms with Gasteiger partial charge in [-0.3, -0.25) is 13.8 Å². The molecule has 23 heavy (non-hydrogen) atoms. The zero-order chi connectivity index (χ0) is 17.3. The van der Waals surface area contributed by atoms with E-state index in [4.69, 9.17) is 15.4 Å². The molecule has 1 saturated heterocycles. The quantitative estimate of drug-likeness (QED) is 0.290. The van der Waals surface area contributed by atoms with Crippen LogP contribution in [0.5, 0.6) is 0 Å². The van der Waals surface area contributed by atoms with E-state index < -0.39 is 26.6 Å². The van der Waals surface area contributed by atoms with Crippen LogP contribution < -0.4 is 5.73 Å². The first kappa shape index (κ1) is 20.5. The van der Waals surface area contributed by atoms with Crippen LogP contribution in [0.15, 0.2) is 0 Å². The lowest BCUT2D eigenvalue weighted by atomic mass is 10.1. The Balaban J connectivity index is 2.45. The molecule has 1 aliphatic rings. The number of carbonyl (C=O) groups is 1. The van der Waals surface area contributed by atoms with Gasteiger partial charge in [0, 0.05) is 13.0 Å². The van der Waals surface area contributed by atoms with Gasteiger partial charge >= 0.3 is 7.82 Å². The van der Waals surface area contributed by atoms with Gasteiger partial charge < -0.3 is 25.7 Å². The molecule has 1 amide bonds. The summed E-state index contributed by atoms with van der Waals surface area (Å²) in [6, 6.07) is -0.467. The monoisotopic (exact) mass is 354 g/mol. The van der Waals surface area contributed by atoms with E-state index in [1.165, 1.54) is 4.90 Å². The maximum absolute atomic E-state index is 12.2. The van der Waals surface area contributed by atoms with Crippen molar-refractivity contribution in [3.63, 3.8) is 0 Å². The highest BCUT2D eigenvalue weighted by atomic mass is 31.2. The number of unbranched alkanes of at least 4 members (excludes halogenated alkanes) is 2. The molecular weight excluding hydrogens is 327 g/mol. The first-order chi connectivity index (χ1) is 10.9. The first-order valence-corrected chi connectivity index (χ1v) is 9.29. The van der Waals surface area contributed by atoms with Crippen LogP contribution in [-0.2, 0) is 18.4 Å². The molecule has 0 spiro atoms. The van der Waals surface area contributed by atoms with Gasteiger partial charge in [-0.1, -0.05) is 6.42 Å². The summed E-state index contributed by atoms with van der Waals surface area (Å²) < 4.78 is 20.9. The lowest BCUT2D eigenvalue weighted by Gasteiger charge is -2.25. The van der Waals surface area contributed by atoms with Crippen molar-refractivity contribution in [2.24, 2.45) is 5.73 Å². The molecular formula is C13H27N2O7P. The van der Waals surface area contributed by atoms with Crippen LogP contribution in [0.1, 0.15) is 32.1 Å². The van der Waals surface area contributed by atoms with Crippen molar-refractivity contribution in [2.75, 3.05) is 32.9 Å². The van der Waals surface area contributed by atoms with Gasteiger partial charge in [0.2, 0.25) is 5.91 Å². The zero-order valence-electron chi connectivity index (χ0n) is 13.2. The van der Waals surface area contributed by atoms with Crippen LogP contribution in [-0.4, -0.2) is 71.0 Å². The fourth-order valence-electron chi connectivity index (χ4n) is 2.47. The van der Waals surface area contributed by atoms with Crippen LogP contribution in [0.4, 0.5) is 0 Å². The molecule has 1 rings (SSSR count). The Morgan fingerprint density at radius 2 is 2.04 bits per heavy atom. The van der Waals surface area contributed by atoms with E-state index in [2.05, 4.69) is 4.52 Å². The number of aliphatic hydroxyl groups excluding tert-OH is 2. The minimum atomic E-state index is -4.26. The summed E-state index contributed by atoms with van der Waals surface area (Å²) >= 11 is 0. The van der Waals surface area contributed by atoms with Gasteiger partial charge in [0.15, 0.2) is 0 Å². The van der Waals surface area contributed by atoms with Gasteiger partial charge in [0.05, 0.1) is 32.0 Å². The number of phosphoric ester groups is 1. The number of rotatable bonds is 11. The summed E-state index contributed by atoms with van der Waals surface area (Å²) in [4.78, 5) is 23.1. The maximum Gasteiger partial charge on any atom is 0.472 e. The van der Waals surface area contributed by atoms with Gasteiger partial charge in [-0.15, -0.1) is 0 Å². The lowest BCUT2D eigenvalue weighted by Crippen LogP contribution is -2.38. The second-order valence-corrected chi connectivity index (χ2v) is 6.96. The molecule has 0 aromatic heterocycles. The van der Waals surface area contributed by atoms with Gasteiger partial charge in [0.1, 0.15) is 0 Å². The van der Waals surface area contributed by atoms with Crippen molar-refractivity contribution in [1.82, 2.24) is 4.90 Å². The summed E-state index contributed by atoms with van der Waals surface area (Å²) in [5.41, 5.74) is 5.40. The molecule has 0 radical (unpaired) electrons. The number of likely N-dealkylation sites (tertiary alicyclic amines) is 1. The van der Waals surface area contributed by atoms with Crippen molar-refractivity contribution >= 4 is 13.7 Å². The number of amides is 1. The minimum Gasteiger partial charge on any atom is -0.394 e. The van der Waals surface area contributed by atoms with E-state index in [-0.39, 0.29) is 32.1 Å². The van der Waals surface area contributed by atoms with Gasteiger partial charge in [0.25, 0.3) is 0 Å². The molecule has 0 bridgehead atoms. The smallest absolute Gasteiger partial charge is 0.394 e. The Kier molecular flexibility index (Phi) is 9.23. The highest BCUT2D eigenvalue weighted by Gasteiger charge is 2.36. The summed E-state index contributed by atoms with van der Waals surface area (Å²) in [5.74, 6) is -0.115. The summed E-state index contributed by atoms with van der Waals surface area (Å²) in [5, 5.41) is 18.3. The van der Waals surface area contributed by atoms with E-state index in [9.17, 15) is 19.4 Å². The molecule has 0 saturated carbocycles. The molecule has 9 nitrogen and oxygen atoms in total. The Hall–Kier alpha value is -0.540. The summed E-state index contributed by atoms with van der Waals surface area (Å²) in [6.07, 6.45) is 2.40. The molecule has 1 aliphatic heterocycles. The molecule has 0 aromatic rings. The van der Waals surface area contributed by atoms with E-state index in [0.29, 0.717) is 19.4 Å². The topological polar surface area (TPSA) is 143 Å². The number of nitrogens with two attached hydrogens (primary N) is 1. The molecule has 136 valence electrons. The number of β-amino-alcohol motifs (C(OH)–C–C–N with tert-alkyl or cyclic N) is 1. The van der Waals surface area contributed by atoms with E-state index in [1.54, 1.807) is 0 Å². The number of phosphoric acid groups is 1. The highest BCUT2D eigenvalue weighted by Crippen LogP contribution is 2.43. The number of hydrogen-bond donors (Lipinski definition) is 4. The number of nitrogens with zero attached hydrogens (tertiary/aromatic N) is 1. The zero-order valence-corrected chi connectivity index (χ0v) is 14.1. The minimum absolute atomic E-state index is 0.115. The first-order valence-electron chi connectivity index (χ1n) is 7.80. The molecule has 5 N–H and O–H groups in total. The fourth-order valence-corrected chi connectivity index (χ4v) is 3.22. The normalized spacial score (nSPS) is 23.9. The van der Waals surface area contributed by atoms with Crippen LogP contribution in [0.2, 0.25) is 0 Å². The number of carbonyl (C=O) groups excluding carboxylic acids is 1. The Labute approximate surface area is 136 Å². The molecule has 3 atom stereocenters. The Morgan fingerprint density at radius 1 is 1.30 bits per heavy atom. The van der Waals surface area contributed by atoms with Gasteiger partial charge in [-0.2, -0.15) is 0 Å². The molecule has 0 aliphatic carbocycles. The second kappa shape index (κ2) is 10.4. The molecule has 1 heterocycles. The van der Waals surface area contributed by atoms with Crippen LogP contribution in [0, 0.1) is 0 Å². The third-order valence-corrected chi connectivity index (χ3v) is 4.57. The Morgan fingerprint density at radius 3 is 2.70 bits per heavy atom. The van der Waals surface area contributed by atoms with E-state index >= 15 is 0 Å². The second-order valence-electron chi connectivity index (χ2n) is 5.51. The SMILES string of the molecule is NCCCCCC(=O)N1C[C@H](O)C[C@H]1COP(=O)(O)OCCO. The molecule has 1 fully saturated rings. The largest absolute Gasteiger partial charge is 0.472 e. The predicted octanol–water partition coefficient (Wildman–Crippen LogP) is -0.407. The van der Waals surface area contributed by atoms with Crippen LogP contribution >= 0.6 is 7.82 Å². The van der Waals surface area contributed by atoms with Crippen molar-refractivity contribution in [3.05, 3.63) is 0 Å². The number of aliphatic hydroxyl groups is 2. The van der Waals surface area contributed by atoms with E-state index in [1.807, 2.05) is 0 Å². The summed E-state index contributed by atoms with van der Waals surface area (Å²) in [7, 11) is -4.26. The average molecular weight is 354 g/mol. The standard InChI is InChI=1S/C13H27N2O7P/c14-5-3-1-2-4-13(18)15-9-12(17)8-11(15)10-22-23(19,20)21-7-6-16/h11-12,16-17H,1-10,14H2,(H,19,20)/t11-,12+/m0/s1. The average Bonchev–Trinajstić information content (AvgIpc) is 2.89. The Bertz CT molecular complexity index is 410. The maximum atomic E-state index is 12.2. The van der Waals surface area contributed by atoms with Crippen LogP contribution in [0.25, 0.3) is 0 Å². The van der Waals surface area contributed by atoms with Crippen molar-refractivity contribution in [3.8, 4) is 0 Å². The third-order valence-electron chi connectivity index (χ3n) is 3.58. The molecule has 0 aromatic carbocycles. The number of hydrogen-bond acceptors (Lipinski definition) is 7. The highest BCUT2D eigenvalue weighted by molar-refractivity contribution is 7.47. The van der Waals surface area contributed by atoms with E-state index in [0.717, 1.165) is 12.8 Å². The van der Waals surface area contributed by atoms with Crippen molar-refractivity contribution in [1.29, 1.82) is 0 Å². The van der Waals surface area contributed by atoms with Gasteiger partial charge in [-0.05, 0) is 25.8 Å². The fraction of sp³-hybridized carbons (Fsp3) is 0.923. The summed E-state index contributed by atoms with van der Waals surface area (Å²) in [6.45, 7) is -0.136. The molecule has 1 unspecified atom stereocenters. The van der Waals surface area contributed by atoms with Gasteiger partial charge in [-0.25, -0.2) is 4.57 Å². The van der Waals surface area contributed by atoms with Crippen LogP contribution in [0.3, 0.4) is 0 Å². The lowest BCUT2D eigenvalue weighted by molar-refractivity contribution is -0.133.